The van der Waals surface area contributed by atoms with Gasteiger partial charge in [0.1, 0.15) is 5.82 Å². The van der Waals surface area contributed by atoms with Crippen molar-refractivity contribution < 1.29 is 0 Å². The van der Waals surface area contributed by atoms with E-state index in [0.717, 1.165) is 30.5 Å². The Morgan fingerprint density at radius 2 is 2.24 bits per heavy atom. The summed E-state index contributed by atoms with van der Waals surface area (Å²) in [5.74, 6) is 4.16. The number of hydrogen-bond acceptors (Lipinski definition) is 3. The molecular weight excluding hydrogens is 228 g/mol. The highest BCUT2D eigenvalue weighted by Gasteiger charge is 2.02. The number of nitrogens with one attached hydrogen (secondary N) is 1. The maximum atomic E-state index is 4.41. The Morgan fingerprint density at radius 1 is 1.41 bits per heavy atom. The highest BCUT2D eigenvalue weighted by atomic mass is 32.2. The van der Waals surface area contributed by atoms with Crippen LogP contribution in [0.5, 0.6) is 0 Å². The Bertz CT molecular complexity index is 313. The molecule has 1 aromatic heterocycles. The van der Waals surface area contributed by atoms with Crippen molar-refractivity contribution in [2.24, 2.45) is 5.92 Å². The highest BCUT2D eigenvalue weighted by Crippen LogP contribution is 2.20. The maximum Gasteiger partial charge on any atom is 0.129 e. The monoisotopic (exact) mass is 252 g/mol. The van der Waals surface area contributed by atoms with Gasteiger partial charge in [0.25, 0.3) is 0 Å². The van der Waals surface area contributed by atoms with Gasteiger partial charge in [0, 0.05) is 24.1 Å². The summed E-state index contributed by atoms with van der Waals surface area (Å²) in [5.41, 5.74) is 1.33. The normalized spacial score (nSPS) is 10.8. The zero-order valence-electron chi connectivity index (χ0n) is 11.2. The van der Waals surface area contributed by atoms with Gasteiger partial charge in [0.15, 0.2) is 0 Å². The third kappa shape index (κ3) is 5.97. The summed E-state index contributed by atoms with van der Waals surface area (Å²) in [6, 6.07) is 4.20. The van der Waals surface area contributed by atoms with Gasteiger partial charge in [-0.15, -0.1) is 0 Å². The molecule has 0 saturated heterocycles. The van der Waals surface area contributed by atoms with Crippen LogP contribution >= 0.6 is 11.8 Å². The molecule has 1 heterocycles. The lowest BCUT2D eigenvalue weighted by atomic mass is 10.2. The summed E-state index contributed by atoms with van der Waals surface area (Å²) >= 11 is 2.00. The quantitative estimate of drug-likeness (QED) is 0.702. The Hall–Kier alpha value is -0.700. The molecule has 0 aliphatic carbocycles. The molecule has 0 fully saturated rings. The van der Waals surface area contributed by atoms with Crippen molar-refractivity contribution in [3.63, 3.8) is 0 Å². The van der Waals surface area contributed by atoms with Gasteiger partial charge in [-0.25, -0.2) is 4.98 Å². The minimum atomic E-state index is 0.800. The van der Waals surface area contributed by atoms with Crippen LogP contribution in [0.3, 0.4) is 0 Å². The van der Waals surface area contributed by atoms with Gasteiger partial charge in [-0.2, -0.15) is 11.8 Å². The average molecular weight is 252 g/mol. The lowest BCUT2D eigenvalue weighted by Crippen LogP contribution is -2.04. The fourth-order valence-corrected chi connectivity index (χ4v) is 2.69. The van der Waals surface area contributed by atoms with E-state index in [1.807, 2.05) is 24.0 Å². The second kappa shape index (κ2) is 8.40. The van der Waals surface area contributed by atoms with Crippen LogP contribution < -0.4 is 5.32 Å². The van der Waals surface area contributed by atoms with Crippen molar-refractivity contribution in [1.82, 2.24) is 4.98 Å². The van der Waals surface area contributed by atoms with Crippen molar-refractivity contribution in [3.05, 3.63) is 23.9 Å². The van der Waals surface area contributed by atoms with Crippen molar-refractivity contribution in [3.8, 4) is 0 Å². The standard InChI is InChI=1S/C14H24N2S/c1-4-8-15-14-13(6-5-9-16-14)11-17-10-7-12(2)3/h5-6,9,12H,4,7-8,10-11H2,1-3H3,(H,15,16). The van der Waals surface area contributed by atoms with E-state index in [1.54, 1.807) is 0 Å². The fraction of sp³-hybridized carbons (Fsp3) is 0.643. The van der Waals surface area contributed by atoms with Gasteiger partial charge in [0.2, 0.25) is 0 Å². The average Bonchev–Trinajstić information content (AvgIpc) is 2.33. The number of aromatic nitrogens is 1. The lowest BCUT2D eigenvalue weighted by Gasteiger charge is -2.10. The predicted molar refractivity (Wildman–Crippen MR) is 78.6 cm³/mol. The van der Waals surface area contributed by atoms with Crippen LogP contribution in [0.25, 0.3) is 0 Å². The molecule has 96 valence electrons. The molecule has 2 nitrogen and oxygen atoms in total. The summed E-state index contributed by atoms with van der Waals surface area (Å²) in [6.45, 7) is 7.73. The molecule has 0 unspecified atom stereocenters. The van der Waals surface area contributed by atoms with E-state index in [0.29, 0.717) is 0 Å². The van der Waals surface area contributed by atoms with Crippen molar-refractivity contribution in [2.75, 3.05) is 17.6 Å². The van der Waals surface area contributed by atoms with Gasteiger partial charge in [-0.05, 0) is 30.6 Å². The minimum absolute atomic E-state index is 0.800. The Kier molecular flexibility index (Phi) is 7.10. The van der Waals surface area contributed by atoms with E-state index in [2.05, 4.69) is 37.1 Å². The number of anilines is 1. The molecule has 1 rings (SSSR count). The third-order valence-electron chi connectivity index (χ3n) is 2.53. The van der Waals surface area contributed by atoms with E-state index in [4.69, 9.17) is 0 Å². The van der Waals surface area contributed by atoms with Crippen LogP contribution in [0.2, 0.25) is 0 Å². The number of thioether (sulfide) groups is 1. The Balaban J connectivity index is 2.40. The number of nitrogens with zero attached hydrogens (tertiary/aromatic N) is 1. The molecular formula is C14H24N2S. The van der Waals surface area contributed by atoms with Crippen molar-refractivity contribution in [1.29, 1.82) is 0 Å². The molecule has 0 saturated carbocycles. The van der Waals surface area contributed by atoms with Crippen LogP contribution in [0, 0.1) is 5.92 Å². The summed E-state index contributed by atoms with van der Waals surface area (Å²) in [6.07, 6.45) is 4.29. The largest absolute Gasteiger partial charge is 0.370 e. The summed E-state index contributed by atoms with van der Waals surface area (Å²) in [4.78, 5) is 4.41. The second-order valence-corrected chi connectivity index (χ2v) is 5.78. The first kappa shape index (κ1) is 14.4. The molecule has 1 N–H and O–H groups in total. The van der Waals surface area contributed by atoms with E-state index >= 15 is 0 Å². The van der Waals surface area contributed by atoms with E-state index in [-0.39, 0.29) is 0 Å². The highest BCUT2D eigenvalue weighted by molar-refractivity contribution is 7.98. The summed E-state index contributed by atoms with van der Waals surface area (Å²) in [5, 5.41) is 3.39. The molecule has 0 amide bonds. The van der Waals surface area contributed by atoms with Crippen LogP contribution in [0.15, 0.2) is 18.3 Å². The van der Waals surface area contributed by atoms with E-state index in [9.17, 15) is 0 Å². The van der Waals surface area contributed by atoms with Crippen LogP contribution in [-0.2, 0) is 5.75 Å². The smallest absolute Gasteiger partial charge is 0.129 e. The summed E-state index contributed by atoms with van der Waals surface area (Å²) < 4.78 is 0. The molecule has 0 spiro atoms. The Morgan fingerprint density at radius 3 is 2.94 bits per heavy atom. The van der Waals surface area contributed by atoms with Gasteiger partial charge < -0.3 is 5.32 Å². The van der Waals surface area contributed by atoms with Gasteiger partial charge in [-0.3, -0.25) is 0 Å². The fourth-order valence-electron chi connectivity index (χ4n) is 1.46. The van der Waals surface area contributed by atoms with Crippen molar-refractivity contribution in [2.45, 2.75) is 39.4 Å². The first-order valence-corrected chi connectivity index (χ1v) is 7.65. The molecule has 0 radical (unpaired) electrons. The molecule has 17 heavy (non-hydrogen) atoms. The third-order valence-corrected chi connectivity index (χ3v) is 3.57. The SMILES string of the molecule is CCCNc1ncccc1CSCCC(C)C. The van der Waals surface area contributed by atoms with E-state index in [1.165, 1.54) is 17.7 Å². The molecule has 0 bridgehead atoms. The predicted octanol–water partition coefficient (Wildman–Crippen LogP) is 4.18. The van der Waals surface area contributed by atoms with Crippen LogP contribution in [-0.4, -0.2) is 17.3 Å². The summed E-state index contributed by atoms with van der Waals surface area (Å²) in [7, 11) is 0. The van der Waals surface area contributed by atoms with Crippen molar-refractivity contribution >= 4 is 17.6 Å². The number of hydrogen-bond donors (Lipinski definition) is 1. The first-order chi connectivity index (χ1) is 8.24. The van der Waals surface area contributed by atoms with Crippen LogP contribution in [0.1, 0.15) is 39.2 Å². The van der Waals surface area contributed by atoms with Gasteiger partial charge in [0.05, 0.1) is 0 Å². The second-order valence-electron chi connectivity index (χ2n) is 4.67. The zero-order chi connectivity index (χ0) is 12.5. The minimum Gasteiger partial charge on any atom is -0.370 e. The molecule has 3 heteroatoms. The lowest BCUT2D eigenvalue weighted by molar-refractivity contribution is 0.632. The Labute approximate surface area is 110 Å². The zero-order valence-corrected chi connectivity index (χ0v) is 12.0. The molecule has 0 atom stereocenters. The number of pyridine rings is 1. The maximum absolute atomic E-state index is 4.41. The molecule has 0 aromatic carbocycles. The molecule has 0 aliphatic rings. The van der Waals surface area contributed by atoms with E-state index < -0.39 is 0 Å². The van der Waals surface area contributed by atoms with Gasteiger partial charge in [-0.1, -0.05) is 26.8 Å². The molecule has 1 aromatic rings. The number of rotatable bonds is 8. The van der Waals surface area contributed by atoms with Gasteiger partial charge >= 0.3 is 0 Å². The molecule has 0 aliphatic heterocycles. The topological polar surface area (TPSA) is 24.9 Å². The first-order valence-electron chi connectivity index (χ1n) is 6.49. The van der Waals surface area contributed by atoms with Crippen LogP contribution in [0.4, 0.5) is 5.82 Å².